The maximum absolute atomic E-state index is 6.55. The number of rotatable bonds is 5. The van der Waals surface area contributed by atoms with Gasteiger partial charge in [-0.1, -0.05) is 109 Å². The van der Waals surface area contributed by atoms with E-state index in [9.17, 15) is 0 Å². The number of fused-ring (bicyclic) bond motifs is 6. The van der Waals surface area contributed by atoms with Crippen molar-refractivity contribution in [1.29, 1.82) is 0 Å². The van der Waals surface area contributed by atoms with Gasteiger partial charge in [-0.3, -0.25) is 0 Å². The molecule has 2 aromatic heterocycles. The summed E-state index contributed by atoms with van der Waals surface area (Å²) in [4.78, 5) is 0. The number of allylic oxidation sites excluding steroid dienone is 1. The lowest BCUT2D eigenvalue weighted by Crippen LogP contribution is -2.11. The highest BCUT2D eigenvalue weighted by molar-refractivity contribution is 6.17. The second-order valence-electron chi connectivity index (χ2n) is 11.1. The van der Waals surface area contributed by atoms with E-state index >= 15 is 0 Å². The normalized spacial score (nSPS) is 12.4. The summed E-state index contributed by atoms with van der Waals surface area (Å²) >= 11 is 0. The van der Waals surface area contributed by atoms with E-state index in [1.807, 2.05) is 0 Å². The van der Waals surface area contributed by atoms with Gasteiger partial charge in [-0.15, -0.1) is 0 Å². The van der Waals surface area contributed by atoms with E-state index in [1.165, 1.54) is 65.9 Å². The van der Waals surface area contributed by atoms with Crippen molar-refractivity contribution in [2.24, 2.45) is 5.73 Å². The molecule has 206 valence electrons. The standard InChI is InChI=1S/C40H31N3/c1-27(28-13-4-2-5-14-28)39(26-41)43-35-20-10-8-17-32(35)33-24-23-29(25-38(33)43)31-19-12-22-37-40(31)34-18-9-11-21-36(34)42(37)30-15-6-3-7-16-30/h2-25H,26,41H2,1H3/b39-27-. The Morgan fingerprint density at radius 2 is 1.19 bits per heavy atom. The quantitative estimate of drug-likeness (QED) is 0.226. The van der Waals surface area contributed by atoms with Crippen LogP contribution < -0.4 is 5.73 Å². The maximum atomic E-state index is 6.55. The van der Waals surface area contributed by atoms with Crippen LogP contribution >= 0.6 is 0 Å². The summed E-state index contributed by atoms with van der Waals surface area (Å²) in [6.07, 6.45) is 0. The van der Waals surface area contributed by atoms with E-state index in [4.69, 9.17) is 5.73 Å². The molecule has 8 aromatic rings. The van der Waals surface area contributed by atoms with Gasteiger partial charge in [0.25, 0.3) is 0 Å². The van der Waals surface area contributed by atoms with Gasteiger partial charge in [0, 0.05) is 39.5 Å². The molecule has 0 spiro atoms. The van der Waals surface area contributed by atoms with E-state index in [1.54, 1.807) is 0 Å². The average Bonchev–Trinajstić information content (AvgIpc) is 3.59. The minimum absolute atomic E-state index is 0.429. The van der Waals surface area contributed by atoms with Crippen LogP contribution in [0.4, 0.5) is 0 Å². The highest BCUT2D eigenvalue weighted by atomic mass is 15.0. The highest BCUT2D eigenvalue weighted by Crippen LogP contribution is 2.41. The molecule has 3 nitrogen and oxygen atoms in total. The van der Waals surface area contributed by atoms with Crippen molar-refractivity contribution in [2.45, 2.75) is 6.92 Å². The van der Waals surface area contributed by atoms with Crippen LogP contribution in [0, 0.1) is 0 Å². The lowest BCUT2D eigenvalue weighted by atomic mass is 9.98. The fraction of sp³-hybridized carbons (Fsp3) is 0.0500. The number of benzene rings is 6. The molecule has 0 bridgehead atoms. The second kappa shape index (κ2) is 10.2. The Morgan fingerprint density at radius 1 is 0.558 bits per heavy atom. The smallest absolute Gasteiger partial charge is 0.0547 e. The van der Waals surface area contributed by atoms with E-state index in [-0.39, 0.29) is 0 Å². The fourth-order valence-electron chi connectivity index (χ4n) is 6.81. The molecular formula is C40H31N3. The van der Waals surface area contributed by atoms with Gasteiger partial charge in [0.05, 0.1) is 22.1 Å². The third kappa shape index (κ3) is 3.93. The molecular weight excluding hydrogens is 522 g/mol. The number of para-hydroxylation sites is 3. The second-order valence-corrected chi connectivity index (χ2v) is 11.1. The van der Waals surface area contributed by atoms with Gasteiger partial charge in [-0.25, -0.2) is 0 Å². The van der Waals surface area contributed by atoms with Crippen molar-refractivity contribution in [3.63, 3.8) is 0 Å². The zero-order valence-electron chi connectivity index (χ0n) is 24.0. The first-order chi connectivity index (χ1) is 21.2. The number of aromatic nitrogens is 2. The molecule has 0 saturated carbocycles. The first-order valence-corrected chi connectivity index (χ1v) is 14.8. The molecule has 3 heteroatoms. The van der Waals surface area contributed by atoms with E-state index in [0.29, 0.717) is 6.54 Å². The Morgan fingerprint density at radius 3 is 1.95 bits per heavy atom. The summed E-state index contributed by atoms with van der Waals surface area (Å²) in [5.41, 5.74) is 18.3. The topological polar surface area (TPSA) is 35.9 Å². The Hall–Kier alpha value is -5.38. The van der Waals surface area contributed by atoms with E-state index < -0.39 is 0 Å². The number of hydrogen-bond acceptors (Lipinski definition) is 1. The van der Waals surface area contributed by atoms with Gasteiger partial charge in [0.15, 0.2) is 0 Å². The van der Waals surface area contributed by atoms with Gasteiger partial charge in [0.2, 0.25) is 0 Å². The minimum Gasteiger partial charge on any atom is -0.325 e. The van der Waals surface area contributed by atoms with Crippen LogP contribution in [0.15, 0.2) is 146 Å². The summed E-state index contributed by atoms with van der Waals surface area (Å²) in [7, 11) is 0. The van der Waals surface area contributed by atoms with Gasteiger partial charge in [-0.05, 0) is 65.6 Å². The Bertz CT molecular complexity index is 2320. The van der Waals surface area contributed by atoms with Crippen molar-refractivity contribution < 1.29 is 0 Å². The molecule has 0 saturated heterocycles. The summed E-state index contributed by atoms with van der Waals surface area (Å²) in [6, 6.07) is 52.2. The molecule has 2 heterocycles. The highest BCUT2D eigenvalue weighted by Gasteiger charge is 2.19. The molecule has 0 radical (unpaired) electrons. The van der Waals surface area contributed by atoms with Crippen molar-refractivity contribution in [3.05, 3.63) is 151 Å². The monoisotopic (exact) mass is 553 g/mol. The van der Waals surface area contributed by atoms with Crippen LogP contribution in [-0.4, -0.2) is 15.7 Å². The van der Waals surface area contributed by atoms with Crippen molar-refractivity contribution in [2.75, 3.05) is 6.54 Å². The van der Waals surface area contributed by atoms with Crippen LogP contribution in [0.3, 0.4) is 0 Å². The van der Waals surface area contributed by atoms with Crippen LogP contribution in [0.2, 0.25) is 0 Å². The van der Waals surface area contributed by atoms with E-state index in [0.717, 1.165) is 11.4 Å². The van der Waals surface area contributed by atoms with Gasteiger partial charge >= 0.3 is 0 Å². The lowest BCUT2D eigenvalue weighted by Gasteiger charge is -2.16. The van der Waals surface area contributed by atoms with Gasteiger partial charge < -0.3 is 14.9 Å². The molecule has 0 aliphatic rings. The Labute approximate surface area is 250 Å². The van der Waals surface area contributed by atoms with E-state index in [2.05, 4.69) is 162 Å². The molecule has 0 amide bonds. The predicted molar refractivity (Wildman–Crippen MR) is 183 cm³/mol. The largest absolute Gasteiger partial charge is 0.325 e. The van der Waals surface area contributed by atoms with Crippen molar-refractivity contribution >= 4 is 54.9 Å². The minimum atomic E-state index is 0.429. The van der Waals surface area contributed by atoms with Crippen LogP contribution in [0.5, 0.6) is 0 Å². The number of nitrogens with zero attached hydrogens (tertiary/aromatic N) is 2. The Balaban J connectivity index is 1.44. The summed E-state index contributed by atoms with van der Waals surface area (Å²) in [5, 5.41) is 4.97. The predicted octanol–water partition coefficient (Wildman–Crippen LogP) is 9.91. The van der Waals surface area contributed by atoms with Crippen LogP contribution in [0.25, 0.3) is 71.7 Å². The number of hydrogen-bond donors (Lipinski definition) is 1. The Kier molecular flexibility index (Phi) is 5.99. The lowest BCUT2D eigenvalue weighted by molar-refractivity contribution is 1.11. The first kappa shape index (κ1) is 25.3. The molecule has 43 heavy (non-hydrogen) atoms. The van der Waals surface area contributed by atoms with Crippen LogP contribution in [0.1, 0.15) is 12.5 Å². The third-order valence-electron chi connectivity index (χ3n) is 8.80. The summed E-state index contributed by atoms with van der Waals surface area (Å²) in [6.45, 7) is 2.61. The van der Waals surface area contributed by atoms with Crippen LogP contribution in [-0.2, 0) is 0 Å². The molecule has 8 rings (SSSR count). The molecule has 0 atom stereocenters. The van der Waals surface area contributed by atoms with Gasteiger partial charge in [-0.2, -0.15) is 0 Å². The zero-order valence-corrected chi connectivity index (χ0v) is 24.0. The summed E-state index contributed by atoms with van der Waals surface area (Å²) < 4.78 is 4.76. The van der Waals surface area contributed by atoms with Crippen molar-refractivity contribution in [1.82, 2.24) is 9.13 Å². The molecule has 0 fully saturated rings. The average molecular weight is 554 g/mol. The molecule has 0 aliphatic carbocycles. The maximum Gasteiger partial charge on any atom is 0.0547 e. The molecule has 2 N–H and O–H groups in total. The SMILES string of the molecule is C/C(=C(\CN)n1c2ccccc2c2ccc(-c3cccc4c3c3ccccc3n4-c3ccccc3)cc21)c1ccccc1. The number of nitrogens with two attached hydrogens (primary N) is 1. The van der Waals surface area contributed by atoms with Crippen molar-refractivity contribution in [3.8, 4) is 16.8 Å². The van der Waals surface area contributed by atoms with Gasteiger partial charge in [0.1, 0.15) is 0 Å². The molecule has 0 aliphatic heterocycles. The zero-order chi connectivity index (χ0) is 28.9. The molecule has 6 aromatic carbocycles. The molecule has 0 unspecified atom stereocenters. The fourth-order valence-corrected chi connectivity index (χ4v) is 6.81. The summed E-state index contributed by atoms with van der Waals surface area (Å²) in [5.74, 6) is 0. The third-order valence-corrected chi connectivity index (χ3v) is 8.80. The first-order valence-electron chi connectivity index (χ1n) is 14.8.